The maximum atomic E-state index is 6.11. The van der Waals surface area contributed by atoms with Crippen molar-refractivity contribution in [2.75, 3.05) is 11.1 Å². The van der Waals surface area contributed by atoms with E-state index in [4.69, 9.17) is 5.73 Å². The van der Waals surface area contributed by atoms with E-state index in [1.165, 1.54) is 0 Å². The molecule has 0 aliphatic rings. The van der Waals surface area contributed by atoms with Gasteiger partial charge in [-0.3, -0.25) is 4.68 Å². The second-order valence-electron chi connectivity index (χ2n) is 4.71. The number of nitrogens with two attached hydrogens (primary N) is 1. The van der Waals surface area contributed by atoms with Crippen LogP contribution < -0.4 is 11.1 Å². The number of aryl methyl sites for hydroxylation is 4. The van der Waals surface area contributed by atoms with Crippen molar-refractivity contribution in [2.24, 2.45) is 7.05 Å². The molecule has 104 valence electrons. The van der Waals surface area contributed by atoms with Gasteiger partial charge in [-0.05, 0) is 19.8 Å². The van der Waals surface area contributed by atoms with Gasteiger partial charge in [-0.2, -0.15) is 10.2 Å². The third kappa shape index (κ3) is 2.57. The Bertz CT molecular complexity index is 566. The van der Waals surface area contributed by atoms with Crippen molar-refractivity contribution in [3.05, 3.63) is 17.6 Å². The lowest BCUT2D eigenvalue weighted by atomic mass is 10.3. The van der Waals surface area contributed by atoms with E-state index in [0.717, 1.165) is 42.3 Å². The molecule has 3 N–H and O–H groups in total. The number of rotatable bonds is 5. The zero-order chi connectivity index (χ0) is 14.0. The lowest BCUT2D eigenvalue weighted by Crippen LogP contribution is -2.06. The fourth-order valence-electron chi connectivity index (χ4n) is 2.13. The van der Waals surface area contributed by atoms with Gasteiger partial charge in [-0.1, -0.05) is 13.8 Å². The molecule has 0 aliphatic carbocycles. The monoisotopic (exact) mass is 262 g/mol. The summed E-state index contributed by atoms with van der Waals surface area (Å²) < 4.78 is 3.74. The molecule has 0 saturated carbocycles. The molecule has 0 aliphatic heterocycles. The molecular weight excluding hydrogens is 240 g/mol. The standard InChI is InChI=1S/C13H22N6/c1-5-7-19-13(12(14)9(3)16-19)15-11-8-18(4)17-10(11)6-2/h8,15H,5-7,14H2,1-4H3. The molecule has 2 rings (SSSR count). The average Bonchev–Trinajstić information content (AvgIpc) is 2.85. The highest BCUT2D eigenvalue weighted by Crippen LogP contribution is 2.27. The molecule has 6 nitrogen and oxygen atoms in total. The molecule has 2 aromatic heterocycles. The molecule has 19 heavy (non-hydrogen) atoms. The highest BCUT2D eigenvalue weighted by molar-refractivity contribution is 5.71. The first-order chi connectivity index (χ1) is 9.06. The van der Waals surface area contributed by atoms with Gasteiger partial charge >= 0.3 is 0 Å². The van der Waals surface area contributed by atoms with Crippen LogP contribution in [0.25, 0.3) is 0 Å². The molecule has 6 heteroatoms. The number of nitrogen functional groups attached to an aromatic ring is 1. The van der Waals surface area contributed by atoms with Crippen molar-refractivity contribution in [1.29, 1.82) is 0 Å². The van der Waals surface area contributed by atoms with Crippen molar-refractivity contribution in [1.82, 2.24) is 19.6 Å². The fourth-order valence-corrected chi connectivity index (χ4v) is 2.13. The van der Waals surface area contributed by atoms with Crippen LogP contribution in [0.3, 0.4) is 0 Å². The molecule has 0 saturated heterocycles. The summed E-state index contributed by atoms with van der Waals surface area (Å²) in [5, 5.41) is 12.3. The molecule has 2 heterocycles. The van der Waals surface area contributed by atoms with Crippen molar-refractivity contribution < 1.29 is 0 Å². The summed E-state index contributed by atoms with van der Waals surface area (Å²) in [6.45, 7) is 6.99. The summed E-state index contributed by atoms with van der Waals surface area (Å²) in [4.78, 5) is 0. The molecule has 0 amide bonds. The minimum absolute atomic E-state index is 0.708. The van der Waals surface area contributed by atoms with Gasteiger partial charge in [-0.25, -0.2) is 4.68 Å². The normalized spacial score (nSPS) is 10.9. The van der Waals surface area contributed by atoms with Gasteiger partial charge in [-0.15, -0.1) is 0 Å². The van der Waals surface area contributed by atoms with Gasteiger partial charge in [0.05, 0.1) is 22.8 Å². The predicted octanol–water partition coefficient (Wildman–Crippen LogP) is 2.22. The van der Waals surface area contributed by atoms with Crippen LogP contribution in [-0.2, 0) is 20.0 Å². The summed E-state index contributed by atoms with van der Waals surface area (Å²) >= 11 is 0. The van der Waals surface area contributed by atoms with Crippen molar-refractivity contribution in [3.63, 3.8) is 0 Å². The first kappa shape index (κ1) is 13.5. The Labute approximate surface area is 113 Å². The number of anilines is 3. The second-order valence-corrected chi connectivity index (χ2v) is 4.71. The number of aromatic nitrogens is 4. The minimum Gasteiger partial charge on any atom is -0.394 e. The molecule has 0 bridgehead atoms. The third-order valence-corrected chi connectivity index (χ3v) is 3.10. The van der Waals surface area contributed by atoms with Gasteiger partial charge < -0.3 is 11.1 Å². The summed E-state index contributed by atoms with van der Waals surface area (Å²) in [7, 11) is 1.92. The van der Waals surface area contributed by atoms with E-state index in [1.807, 2.05) is 29.5 Å². The molecule has 2 aromatic rings. The first-order valence-corrected chi connectivity index (χ1v) is 6.69. The topological polar surface area (TPSA) is 73.7 Å². The van der Waals surface area contributed by atoms with Crippen LogP contribution in [0.2, 0.25) is 0 Å². The molecule has 0 atom stereocenters. The van der Waals surface area contributed by atoms with Crippen LogP contribution in [0.4, 0.5) is 17.2 Å². The predicted molar refractivity (Wildman–Crippen MR) is 77.5 cm³/mol. The van der Waals surface area contributed by atoms with Gasteiger partial charge in [0.25, 0.3) is 0 Å². The molecule has 0 unspecified atom stereocenters. The number of hydrogen-bond acceptors (Lipinski definition) is 4. The molecular formula is C13H22N6. The van der Waals surface area contributed by atoms with Crippen LogP contribution in [0, 0.1) is 6.92 Å². The van der Waals surface area contributed by atoms with Crippen molar-refractivity contribution >= 4 is 17.2 Å². The van der Waals surface area contributed by atoms with E-state index in [0.29, 0.717) is 5.69 Å². The summed E-state index contributed by atoms with van der Waals surface area (Å²) in [5.74, 6) is 0.863. The van der Waals surface area contributed by atoms with Crippen LogP contribution in [0.15, 0.2) is 6.20 Å². The van der Waals surface area contributed by atoms with Gasteiger partial charge in [0.1, 0.15) is 0 Å². The first-order valence-electron chi connectivity index (χ1n) is 6.69. The van der Waals surface area contributed by atoms with Gasteiger partial charge in [0.2, 0.25) is 0 Å². The Morgan fingerprint density at radius 3 is 2.68 bits per heavy atom. The Kier molecular flexibility index (Phi) is 3.78. The SMILES string of the molecule is CCCn1nc(C)c(N)c1Nc1cn(C)nc1CC. The minimum atomic E-state index is 0.708. The lowest BCUT2D eigenvalue weighted by Gasteiger charge is -2.09. The average molecular weight is 262 g/mol. The van der Waals surface area contributed by atoms with E-state index >= 15 is 0 Å². The molecule has 0 radical (unpaired) electrons. The number of hydrogen-bond donors (Lipinski definition) is 2. The highest BCUT2D eigenvalue weighted by atomic mass is 15.4. The summed E-state index contributed by atoms with van der Waals surface area (Å²) in [6.07, 6.45) is 3.86. The quantitative estimate of drug-likeness (QED) is 0.866. The second kappa shape index (κ2) is 5.34. The number of nitrogens with zero attached hydrogens (tertiary/aromatic N) is 4. The summed E-state index contributed by atoms with van der Waals surface area (Å²) in [5.41, 5.74) is 9.70. The van der Waals surface area contributed by atoms with E-state index in [1.54, 1.807) is 0 Å². The van der Waals surface area contributed by atoms with Crippen LogP contribution in [0.5, 0.6) is 0 Å². The largest absolute Gasteiger partial charge is 0.394 e. The van der Waals surface area contributed by atoms with E-state index in [2.05, 4.69) is 29.4 Å². The lowest BCUT2D eigenvalue weighted by molar-refractivity contribution is 0.605. The molecule has 0 aromatic carbocycles. The third-order valence-electron chi connectivity index (χ3n) is 3.10. The van der Waals surface area contributed by atoms with Crippen LogP contribution in [0.1, 0.15) is 31.7 Å². The van der Waals surface area contributed by atoms with Crippen molar-refractivity contribution in [3.8, 4) is 0 Å². The Morgan fingerprint density at radius 2 is 2.05 bits per heavy atom. The molecule has 0 spiro atoms. The van der Waals surface area contributed by atoms with E-state index in [9.17, 15) is 0 Å². The Balaban J connectivity index is 2.36. The fraction of sp³-hybridized carbons (Fsp3) is 0.538. The Hall–Kier alpha value is -1.98. The van der Waals surface area contributed by atoms with Gasteiger partial charge in [0.15, 0.2) is 5.82 Å². The molecule has 0 fully saturated rings. The highest BCUT2D eigenvalue weighted by Gasteiger charge is 2.14. The van der Waals surface area contributed by atoms with Crippen LogP contribution in [-0.4, -0.2) is 19.6 Å². The maximum Gasteiger partial charge on any atom is 0.152 e. The van der Waals surface area contributed by atoms with E-state index in [-0.39, 0.29) is 0 Å². The Morgan fingerprint density at radius 1 is 1.32 bits per heavy atom. The zero-order valence-electron chi connectivity index (χ0n) is 12.1. The van der Waals surface area contributed by atoms with Crippen molar-refractivity contribution in [2.45, 2.75) is 40.2 Å². The zero-order valence-corrected chi connectivity index (χ0v) is 12.1. The van der Waals surface area contributed by atoms with Gasteiger partial charge in [0, 0.05) is 19.8 Å². The smallest absolute Gasteiger partial charge is 0.152 e. The van der Waals surface area contributed by atoms with Crippen LogP contribution >= 0.6 is 0 Å². The summed E-state index contributed by atoms with van der Waals surface area (Å²) in [6, 6.07) is 0. The van der Waals surface area contributed by atoms with E-state index < -0.39 is 0 Å². The number of nitrogens with one attached hydrogen (secondary N) is 1. The maximum absolute atomic E-state index is 6.11.